The number of halogens is 1. The van der Waals surface area contributed by atoms with Crippen LogP contribution in [0.2, 0.25) is 0 Å². The Kier molecular flexibility index (Phi) is 4.29. The molecule has 7 heteroatoms. The average Bonchev–Trinajstić information content (AvgIpc) is 2.72. The molecule has 0 saturated heterocycles. The smallest absolute Gasteiger partial charge is 0.324 e. The molecule has 1 aromatic carbocycles. The van der Waals surface area contributed by atoms with Crippen molar-refractivity contribution in [3.8, 4) is 0 Å². The van der Waals surface area contributed by atoms with E-state index in [9.17, 15) is 9.18 Å². The molecule has 0 saturated carbocycles. The maximum atomic E-state index is 13.3. The van der Waals surface area contributed by atoms with E-state index in [0.29, 0.717) is 10.7 Å². The molecule has 108 valence electrons. The Morgan fingerprint density at radius 3 is 2.70 bits per heavy atom. The molecule has 0 aliphatic heterocycles. The van der Waals surface area contributed by atoms with E-state index in [4.69, 9.17) is 5.73 Å². The summed E-state index contributed by atoms with van der Waals surface area (Å²) in [7, 11) is 0. The number of nitrogens with two attached hydrogens (primary N) is 1. The SMILES string of the molecule is CC(C)n1c(Sc2ccc(F)cc2[C@H](C)N)n[nH]c1=O. The van der Waals surface area contributed by atoms with Gasteiger partial charge in [0.25, 0.3) is 0 Å². The van der Waals surface area contributed by atoms with Crippen LogP contribution in [-0.2, 0) is 0 Å². The molecule has 1 atom stereocenters. The van der Waals surface area contributed by atoms with Gasteiger partial charge in [0.1, 0.15) is 5.82 Å². The van der Waals surface area contributed by atoms with Crippen molar-refractivity contribution < 1.29 is 4.39 Å². The number of aromatic nitrogens is 3. The van der Waals surface area contributed by atoms with E-state index in [-0.39, 0.29) is 23.6 Å². The van der Waals surface area contributed by atoms with Gasteiger partial charge >= 0.3 is 5.69 Å². The molecule has 0 bridgehead atoms. The molecule has 0 aliphatic rings. The summed E-state index contributed by atoms with van der Waals surface area (Å²) < 4.78 is 14.9. The minimum atomic E-state index is -0.329. The minimum Gasteiger partial charge on any atom is -0.324 e. The van der Waals surface area contributed by atoms with Gasteiger partial charge in [0, 0.05) is 17.0 Å². The molecule has 0 spiro atoms. The summed E-state index contributed by atoms with van der Waals surface area (Å²) in [5.74, 6) is -0.329. The number of H-pyrrole nitrogens is 1. The Morgan fingerprint density at radius 1 is 1.40 bits per heavy atom. The first kappa shape index (κ1) is 14.8. The average molecular weight is 296 g/mol. The summed E-state index contributed by atoms with van der Waals surface area (Å²) in [4.78, 5) is 12.5. The van der Waals surface area contributed by atoms with Gasteiger partial charge in [-0.2, -0.15) is 0 Å². The fourth-order valence-corrected chi connectivity index (χ4v) is 3.06. The first-order valence-corrected chi connectivity index (χ1v) is 7.11. The molecule has 0 radical (unpaired) electrons. The Balaban J connectivity index is 2.43. The highest BCUT2D eigenvalue weighted by atomic mass is 32.2. The number of hydrogen-bond donors (Lipinski definition) is 2. The molecule has 0 fully saturated rings. The van der Waals surface area contributed by atoms with Crippen LogP contribution in [0.1, 0.15) is 38.4 Å². The van der Waals surface area contributed by atoms with Crippen molar-refractivity contribution >= 4 is 11.8 Å². The predicted molar refractivity (Wildman–Crippen MR) is 76.4 cm³/mol. The molecule has 1 aromatic heterocycles. The Morgan fingerprint density at radius 2 is 2.10 bits per heavy atom. The van der Waals surface area contributed by atoms with Crippen LogP contribution in [0.25, 0.3) is 0 Å². The van der Waals surface area contributed by atoms with Crippen LogP contribution >= 0.6 is 11.8 Å². The number of rotatable bonds is 4. The van der Waals surface area contributed by atoms with Crippen molar-refractivity contribution in [3.63, 3.8) is 0 Å². The quantitative estimate of drug-likeness (QED) is 0.908. The lowest BCUT2D eigenvalue weighted by molar-refractivity contribution is 0.534. The molecule has 0 amide bonds. The van der Waals surface area contributed by atoms with Gasteiger partial charge in [-0.25, -0.2) is 14.3 Å². The van der Waals surface area contributed by atoms with Crippen LogP contribution in [-0.4, -0.2) is 14.8 Å². The highest BCUT2D eigenvalue weighted by Gasteiger charge is 2.16. The zero-order valence-electron chi connectivity index (χ0n) is 11.6. The molecule has 2 rings (SSSR count). The third kappa shape index (κ3) is 2.94. The van der Waals surface area contributed by atoms with Gasteiger partial charge in [0.15, 0.2) is 5.16 Å². The predicted octanol–water partition coefficient (Wildman–Crippen LogP) is 2.46. The highest BCUT2D eigenvalue weighted by molar-refractivity contribution is 7.99. The van der Waals surface area contributed by atoms with E-state index in [1.54, 1.807) is 17.6 Å². The van der Waals surface area contributed by atoms with E-state index in [2.05, 4.69) is 10.2 Å². The Hall–Kier alpha value is -1.60. The fourth-order valence-electron chi connectivity index (χ4n) is 1.88. The zero-order valence-corrected chi connectivity index (χ0v) is 12.4. The van der Waals surface area contributed by atoms with E-state index in [1.165, 1.54) is 23.9 Å². The second-order valence-corrected chi connectivity index (χ2v) is 5.86. The highest BCUT2D eigenvalue weighted by Crippen LogP contribution is 2.32. The minimum absolute atomic E-state index is 0.0112. The summed E-state index contributed by atoms with van der Waals surface area (Å²) in [5, 5.41) is 6.98. The van der Waals surface area contributed by atoms with Gasteiger partial charge in [-0.05, 0) is 56.3 Å². The summed E-state index contributed by atoms with van der Waals surface area (Å²) in [6.45, 7) is 5.59. The lowest BCUT2D eigenvalue weighted by atomic mass is 10.1. The van der Waals surface area contributed by atoms with Crippen molar-refractivity contribution in [3.05, 3.63) is 40.1 Å². The van der Waals surface area contributed by atoms with Crippen molar-refractivity contribution in [2.45, 2.75) is 42.9 Å². The molecule has 0 unspecified atom stereocenters. The van der Waals surface area contributed by atoms with Crippen molar-refractivity contribution in [2.24, 2.45) is 5.73 Å². The van der Waals surface area contributed by atoms with Crippen molar-refractivity contribution in [1.82, 2.24) is 14.8 Å². The Labute approximate surface area is 120 Å². The Bertz CT molecular complexity index is 663. The van der Waals surface area contributed by atoms with Crippen LogP contribution in [0.4, 0.5) is 4.39 Å². The molecular weight excluding hydrogens is 279 g/mol. The van der Waals surface area contributed by atoms with E-state index < -0.39 is 0 Å². The summed E-state index contributed by atoms with van der Waals surface area (Å²) in [5.41, 5.74) is 6.30. The number of aromatic amines is 1. The zero-order chi connectivity index (χ0) is 14.9. The molecule has 20 heavy (non-hydrogen) atoms. The van der Waals surface area contributed by atoms with Crippen molar-refractivity contribution in [1.29, 1.82) is 0 Å². The normalized spacial score (nSPS) is 12.9. The molecule has 0 aliphatic carbocycles. The lowest BCUT2D eigenvalue weighted by Crippen LogP contribution is -2.19. The van der Waals surface area contributed by atoms with Crippen LogP contribution in [0.15, 0.2) is 33.0 Å². The first-order valence-electron chi connectivity index (χ1n) is 6.30. The summed E-state index contributed by atoms with van der Waals surface area (Å²) in [6.07, 6.45) is 0. The van der Waals surface area contributed by atoms with E-state index in [0.717, 1.165) is 4.90 Å². The third-order valence-electron chi connectivity index (χ3n) is 2.85. The number of nitrogens with zero attached hydrogens (tertiary/aromatic N) is 2. The summed E-state index contributed by atoms with van der Waals surface area (Å²) >= 11 is 1.30. The van der Waals surface area contributed by atoms with Gasteiger partial charge in [-0.15, -0.1) is 5.10 Å². The van der Waals surface area contributed by atoms with Gasteiger partial charge in [0.05, 0.1) is 0 Å². The van der Waals surface area contributed by atoms with Gasteiger partial charge in [-0.3, -0.25) is 4.57 Å². The van der Waals surface area contributed by atoms with Crippen LogP contribution in [0.5, 0.6) is 0 Å². The monoisotopic (exact) mass is 296 g/mol. The van der Waals surface area contributed by atoms with Crippen LogP contribution < -0.4 is 11.4 Å². The van der Waals surface area contributed by atoms with E-state index >= 15 is 0 Å². The summed E-state index contributed by atoms with van der Waals surface area (Å²) in [6, 6.07) is 4.13. The maximum Gasteiger partial charge on any atom is 0.344 e. The van der Waals surface area contributed by atoms with Gasteiger partial charge < -0.3 is 5.73 Å². The van der Waals surface area contributed by atoms with Crippen LogP contribution in [0, 0.1) is 5.82 Å². The second kappa shape index (κ2) is 5.80. The van der Waals surface area contributed by atoms with Gasteiger partial charge in [0.2, 0.25) is 0 Å². The third-order valence-corrected chi connectivity index (χ3v) is 3.91. The second-order valence-electron chi connectivity index (χ2n) is 4.85. The fraction of sp³-hybridized carbons (Fsp3) is 0.385. The number of benzene rings is 1. The topological polar surface area (TPSA) is 76.7 Å². The number of nitrogens with one attached hydrogen (secondary N) is 1. The molecular formula is C13H17FN4OS. The van der Waals surface area contributed by atoms with Crippen molar-refractivity contribution in [2.75, 3.05) is 0 Å². The molecule has 1 heterocycles. The molecule has 2 aromatic rings. The number of hydrogen-bond acceptors (Lipinski definition) is 4. The standard InChI is InChI=1S/C13H17FN4OS/c1-7(2)18-12(19)16-17-13(18)20-11-5-4-9(14)6-10(11)8(3)15/h4-8H,15H2,1-3H3,(H,16,19)/t8-/m0/s1. The lowest BCUT2D eigenvalue weighted by Gasteiger charge is -2.13. The van der Waals surface area contributed by atoms with Crippen LogP contribution in [0.3, 0.4) is 0 Å². The molecule has 5 nitrogen and oxygen atoms in total. The largest absolute Gasteiger partial charge is 0.344 e. The van der Waals surface area contributed by atoms with E-state index in [1.807, 2.05) is 13.8 Å². The van der Waals surface area contributed by atoms with Gasteiger partial charge in [-0.1, -0.05) is 0 Å². The first-order chi connectivity index (χ1) is 9.40. The molecule has 3 N–H and O–H groups in total. The maximum absolute atomic E-state index is 13.3.